The van der Waals surface area contributed by atoms with Gasteiger partial charge in [0.1, 0.15) is 11.2 Å². The maximum Gasteiger partial charge on any atom is 0.180 e. The molecule has 0 aliphatic carbocycles. The summed E-state index contributed by atoms with van der Waals surface area (Å²) in [4.78, 5) is 0. The molecule has 6 aromatic rings. The number of para-hydroxylation sites is 1. The van der Waals surface area contributed by atoms with Gasteiger partial charge in [0.25, 0.3) is 0 Å². The SMILES string of the molecule is Cc1ccc2c(c1)-c1c(ccc3oc4ccccc4c13)[Si]2(c1ccccc1)c1ccccc1. The van der Waals surface area contributed by atoms with Crippen molar-refractivity contribution in [1.82, 2.24) is 0 Å². The number of hydrogen-bond donors (Lipinski definition) is 0. The van der Waals surface area contributed by atoms with Gasteiger partial charge in [-0.05, 0) is 50.9 Å². The van der Waals surface area contributed by atoms with E-state index in [0.717, 1.165) is 11.2 Å². The standard InChI is InChI=1S/C31H22OSi/c1-21-16-18-28-25(20-21)31-29(19-17-27-30(31)24-14-8-9-15-26(24)32-27)33(28,22-10-4-2-5-11-22)23-12-6-3-7-13-23/h2-20H,1H3. The Bertz CT molecular complexity index is 1620. The molecule has 0 N–H and O–H groups in total. The molecule has 0 saturated heterocycles. The molecule has 0 bridgehead atoms. The molecule has 0 fully saturated rings. The molecule has 5 aromatic carbocycles. The second-order valence-corrected chi connectivity index (χ2v) is 12.7. The molecule has 156 valence electrons. The van der Waals surface area contributed by atoms with Crippen LogP contribution in [0, 0.1) is 6.92 Å². The van der Waals surface area contributed by atoms with Crippen molar-refractivity contribution < 1.29 is 4.42 Å². The molecule has 1 nitrogen and oxygen atoms in total. The molecule has 0 unspecified atom stereocenters. The first-order valence-electron chi connectivity index (χ1n) is 11.5. The van der Waals surface area contributed by atoms with E-state index in [1.165, 1.54) is 48.2 Å². The highest BCUT2D eigenvalue weighted by Crippen LogP contribution is 2.39. The number of furan rings is 1. The monoisotopic (exact) mass is 438 g/mol. The Balaban J connectivity index is 1.74. The third-order valence-electron chi connectivity index (χ3n) is 7.21. The van der Waals surface area contributed by atoms with Gasteiger partial charge in [0.05, 0.1) is 0 Å². The van der Waals surface area contributed by atoms with E-state index in [9.17, 15) is 0 Å². The predicted molar refractivity (Wildman–Crippen MR) is 141 cm³/mol. The first-order chi connectivity index (χ1) is 16.3. The molecule has 0 spiro atoms. The largest absolute Gasteiger partial charge is 0.456 e. The van der Waals surface area contributed by atoms with Gasteiger partial charge in [-0.25, -0.2) is 0 Å². The smallest absolute Gasteiger partial charge is 0.180 e. The summed E-state index contributed by atoms with van der Waals surface area (Å²) >= 11 is 0. The first-order valence-corrected chi connectivity index (χ1v) is 13.5. The minimum atomic E-state index is -2.47. The van der Waals surface area contributed by atoms with E-state index in [1.807, 2.05) is 0 Å². The summed E-state index contributed by atoms with van der Waals surface area (Å²) in [6.07, 6.45) is 0. The van der Waals surface area contributed by atoms with E-state index >= 15 is 0 Å². The van der Waals surface area contributed by atoms with Crippen LogP contribution in [0.3, 0.4) is 0 Å². The maximum atomic E-state index is 6.32. The van der Waals surface area contributed by atoms with Crippen molar-refractivity contribution in [3.63, 3.8) is 0 Å². The highest BCUT2D eigenvalue weighted by atomic mass is 28.3. The third kappa shape index (κ3) is 2.41. The summed E-state index contributed by atoms with van der Waals surface area (Å²) in [5.74, 6) is 0. The summed E-state index contributed by atoms with van der Waals surface area (Å²) in [6.45, 7) is 2.19. The average Bonchev–Trinajstić information content (AvgIpc) is 3.38. The fourth-order valence-electron chi connectivity index (χ4n) is 5.91. The van der Waals surface area contributed by atoms with E-state index in [2.05, 4.69) is 122 Å². The minimum Gasteiger partial charge on any atom is -0.456 e. The summed E-state index contributed by atoms with van der Waals surface area (Å²) in [7, 11) is -2.47. The summed E-state index contributed by atoms with van der Waals surface area (Å²) in [6, 6.07) is 42.3. The van der Waals surface area contributed by atoms with Gasteiger partial charge in [-0.3, -0.25) is 0 Å². The minimum absolute atomic E-state index is 0.952. The first kappa shape index (κ1) is 18.7. The summed E-state index contributed by atoms with van der Waals surface area (Å²) < 4.78 is 6.32. The zero-order chi connectivity index (χ0) is 22.0. The molecule has 2 heterocycles. The Morgan fingerprint density at radius 2 is 1.21 bits per heavy atom. The summed E-state index contributed by atoms with van der Waals surface area (Å²) in [5.41, 5.74) is 5.93. The second kappa shape index (κ2) is 6.81. The number of aryl methyl sites for hydroxylation is 1. The highest BCUT2D eigenvalue weighted by Gasteiger charge is 2.49. The molecule has 1 aliphatic heterocycles. The van der Waals surface area contributed by atoms with Gasteiger partial charge >= 0.3 is 0 Å². The van der Waals surface area contributed by atoms with Crippen LogP contribution in [0.4, 0.5) is 0 Å². The van der Waals surface area contributed by atoms with Gasteiger partial charge in [0, 0.05) is 10.8 Å². The van der Waals surface area contributed by atoms with E-state index < -0.39 is 8.07 Å². The average molecular weight is 439 g/mol. The van der Waals surface area contributed by atoms with Crippen molar-refractivity contribution in [3.8, 4) is 11.1 Å². The molecule has 0 radical (unpaired) electrons. The molecule has 0 saturated carbocycles. The molecule has 33 heavy (non-hydrogen) atoms. The summed E-state index contributed by atoms with van der Waals surface area (Å²) in [5, 5.41) is 8.22. The normalized spacial score (nSPS) is 13.8. The van der Waals surface area contributed by atoms with Gasteiger partial charge in [0.2, 0.25) is 0 Å². The Morgan fingerprint density at radius 3 is 1.94 bits per heavy atom. The predicted octanol–water partition coefficient (Wildman–Crippen LogP) is 5.25. The van der Waals surface area contributed by atoms with Crippen molar-refractivity contribution >= 4 is 50.8 Å². The molecule has 2 heteroatoms. The number of rotatable bonds is 2. The number of hydrogen-bond acceptors (Lipinski definition) is 1. The number of fused-ring (bicyclic) bond motifs is 7. The lowest BCUT2D eigenvalue weighted by atomic mass is 9.98. The molecular formula is C31H22OSi. The van der Waals surface area contributed by atoms with E-state index in [-0.39, 0.29) is 0 Å². The van der Waals surface area contributed by atoms with Gasteiger partial charge in [-0.15, -0.1) is 0 Å². The fourth-order valence-corrected chi connectivity index (χ4v) is 11.1. The van der Waals surface area contributed by atoms with Crippen LogP contribution in [-0.4, -0.2) is 8.07 Å². The zero-order valence-electron chi connectivity index (χ0n) is 18.4. The quantitative estimate of drug-likeness (QED) is 0.336. The lowest BCUT2D eigenvalue weighted by molar-refractivity contribution is 0.669. The van der Waals surface area contributed by atoms with Gasteiger partial charge < -0.3 is 4.42 Å². The Morgan fingerprint density at radius 1 is 0.576 bits per heavy atom. The molecular weight excluding hydrogens is 416 g/mol. The molecule has 1 aliphatic rings. The third-order valence-corrected chi connectivity index (χ3v) is 12.1. The zero-order valence-corrected chi connectivity index (χ0v) is 19.4. The second-order valence-electron chi connectivity index (χ2n) is 8.99. The van der Waals surface area contributed by atoms with Crippen LogP contribution in [-0.2, 0) is 0 Å². The van der Waals surface area contributed by atoms with Crippen molar-refractivity contribution in [2.45, 2.75) is 6.92 Å². The van der Waals surface area contributed by atoms with Crippen LogP contribution >= 0.6 is 0 Å². The molecule has 0 atom stereocenters. The van der Waals surface area contributed by atoms with Crippen LogP contribution in [0.2, 0.25) is 0 Å². The van der Waals surface area contributed by atoms with E-state index in [1.54, 1.807) is 0 Å². The van der Waals surface area contributed by atoms with Gasteiger partial charge in [-0.1, -0.05) is 109 Å². The van der Waals surface area contributed by atoms with E-state index in [4.69, 9.17) is 4.42 Å². The maximum absolute atomic E-state index is 6.32. The fraction of sp³-hybridized carbons (Fsp3) is 0.0323. The molecule has 0 amide bonds. The van der Waals surface area contributed by atoms with Crippen LogP contribution in [0.25, 0.3) is 33.1 Å². The number of benzene rings is 5. The van der Waals surface area contributed by atoms with E-state index in [0.29, 0.717) is 0 Å². The Hall–Kier alpha value is -3.88. The van der Waals surface area contributed by atoms with Crippen LogP contribution in [0.15, 0.2) is 120 Å². The Labute approximate surface area is 194 Å². The molecule has 7 rings (SSSR count). The topological polar surface area (TPSA) is 13.1 Å². The highest BCUT2D eigenvalue weighted by molar-refractivity contribution is 7.22. The van der Waals surface area contributed by atoms with Crippen molar-refractivity contribution in [2.75, 3.05) is 0 Å². The molecule has 1 aromatic heterocycles. The van der Waals surface area contributed by atoms with Gasteiger partial charge in [0.15, 0.2) is 8.07 Å². The Kier molecular flexibility index (Phi) is 3.85. The lowest BCUT2D eigenvalue weighted by Crippen LogP contribution is -2.72. The van der Waals surface area contributed by atoms with Crippen LogP contribution < -0.4 is 20.7 Å². The lowest BCUT2D eigenvalue weighted by Gasteiger charge is -2.31. The van der Waals surface area contributed by atoms with Crippen LogP contribution in [0.1, 0.15) is 5.56 Å². The van der Waals surface area contributed by atoms with Crippen molar-refractivity contribution in [3.05, 3.63) is 121 Å². The van der Waals surface area contributed by atoms with Crippen LogP contribution in [0.5, 0.6) is 0 Å². The van der Waals surface area contributed by atoms with Crippen molar-refractivity contribution in [2.24, 2.45) is 0 Å². The van der Waals surface area contributed by atoms with Crippen molar-refractivity contribution in [1.29, 1.82) is 0 Å². The van der Waals surface area contributed by atoms with Gasteiger partial charge in [-0.2, -0.15) is 0 Å².